The zero-order valence-electron chi connectivity index (χ0n) is 13.3. The number of nitrogens with zero attached hydrogens (tertiary/aromatic N) is 2. The highest BCUT2D eigenvalue weighted by atomic mass is 35.5. The fraction of sp³-hybridized carbons (Fsp3) is 0.222. The minimum Gasteiger partial charge on any atom is -0.354 e. The van der Waals surface area contributed by atoms with Crippen LogP contribution in [0, 0.1) is 0 Å². The van der Waals surface area contributed by atoms with Crippen LogP contribution in [0.2, 0.25) is 5.02 Å². The summed E-state index contributed by atoms with van der Waals surface area (Å²) in [5, 5.41) is 4.33. The first kappa shape index (κ1) is 16.3. The van der Waals surface area contributed by atoms with Crippen LogP contribution in [-0.4, -0.2) is 21.6 Å². The van der Waals surface area contributed by atoms with Crippen LogP contribution in [0.25, 0.3) is 10.9 Å². The van der Waals surface area contributed by atoms with Gasteiger partial charge < -0.3 is 14.5 Å². The maximum Gasteiger partial charge on any atom is 0.275 e. The minimum atomic E-state index is -0.115. The van der Waals surface area contributed by atoms with Crippen LogP contribution in [0.3, 0.4) is 0 Å². The van der Waals surface area contributed by atoms with Crippen LogP contribution in [0.15, 0.2) is 53.6 Å². The van der Waals surface area contributed by atoms with Gasteiger partial charge in [-0.1, -0.05) is 29.8 Å². The lowest BCUT2D eigenvalue weighted by molar-refractivity contribution is -0.120. The Kier molecular flexibility index (Phi) is 4.71. The number of carbonyl (C=O) groups excluding carboxylic acids is 1. The molecule has 0 saturated carbocycles. The summed E-state index contributed by atoms with van der Waals surface area (Å²) in [6.07, 6.45) is 3.85. The number of aryl methyl sites for hydroxylation is 1. The normalized spacial score (nSPS) is 10.9. The number of aromatic nitrogens is 2. The first-order chi connectivity index (χ1) is 11.6. The summed E-state index contributed by atoms with van der Waals surface area (Å²) in [5.41, 5.74) is 1.40. The standard InChI is InChI=1S/C18H18ClN3O2/c1-21-9-6-13-7-10-22(18(24)17(13)21)11-8-20-16(23)12-14-4-2-3-5-15(14)19/h2-7,9-10H,8,11-12H2,1H3,(H,20,23). The van der Waals surface area contributed by atoms with Gasteiger partial charge in [-0.05, 0) is 23.8 Å². The van der Waals surface area contributed by atoms with Crippen LogP contribution in [-0.2, 0) is 24.8 Å². The highest BCUT2D eigenvalue weighted by Gasteiger charge is 2.08. The van der Waals surface area contributed by atoms with Crippen molar-refractivity contribution in [3.63, 3.8) is 0 Å². The molecule has 0 atom stereocenters. The van der Waals surface area contributed by atoms with Gasteiger partial charge in [0.2, 0.25) is 5.91 Å². The van der Waals surface area contributed by atoms with Gasteiger partial charge in [0.25, 0.3) is 5.56 Å². The van der Waals surface area contributed by atoms with E-state index in [0.717, 1.165) is 10.9 Å². The number of nitrogens with one attached hydrogen (secondary N) is 1. The average molecular weight is 344 g/mol. The Balaban J connectivity index is 1.61. The molecule has 0 radical (unpaired) electrons. The van der Waals surface area contributed by atoms with Gasteiger partial charge in [0, 0.05) is 42.9 Å². The molecule has 0 aliphatic heterocycles. The fourth-order valence-corrected chi connectivity index (χ4v) is 2.90. The van der Waals surface area contributed by atoms with E-state index in [0.29, 0.717) is 23.6 Å². The molecule has 0 fully saturated rings. The van der Waals surface area contributed by atoms with Crippen molar-refractivity contribution in [3.8, 4) is 0 Å². The third-order valence-electron chi connectivity index (χ3n) is 3.99. The SMILES string of the molecule is Cn1ccc2ccn(CCNC(=O)Cc3ccccc3Cl)c(=O)c21. The third kappa shape index (κ3) is 3.36. The van der Waals surface area contributed by atoms with Gasteiger partial charge in [0.15, 0.2) is 0 Å². The van der Waals surface area contributed by atoms with Crippen LogP contribution in [0.5, 0.6) is 0 Å². The molecule has 5 nitrogen and oxygen atoms in total. The molecule has 0 aliphatic rings. The van der Waals surface area contributed by atoms with Gasteiger partial charge in [-0.25, -0.2) is 0 Å². The zero-order valence-corrected chi connectivity index (χ0v) is 14.1. The van der Waals surface area contributed by atoms with Gasteiger partial charge in [-0.2, -0.15) is 0 Å². The summed E-state index contributed by atoms with van der Waals surface area (Å²) < 4.78 is 3.42. The highest BCUT2D eigenvalue weighted by Crippen LogP contribution is 2.15. The molecule has 124 valence electrons. The van der Waals surface area contributed by atoms with Gasteiger partial charge in [0.05, 0.1) is 6.42 Å². The van der Waals surface area contributed by atoms with Crippen molar-refractivity contribution in [1.29, 1.82) is 0 Å². The summed E-state index contributed by atoms with van der Waals surface area (Å²) in [6, 6.07) is 11.1. The molecular weight excluding hydrogens is 326 g/mol. The Morgan fingerprint density at radius 1 is 1.17 bits per heavy atom. The quantitative estimate of drug-likeness (QED) is 0.773. The summed E-state index contributed by atoms with van der Waals surface area (Å²) in [5.74, 6) is -0.115. The third-order valence-corrected chi connectivity index (χ3v) is 4.35. The van der Waals surface area contributed by atoms with Gasteiger partial charge in [-0.3, -0.25) is 9.59 Å². The van der Waals surface area contributed by atoms with Crippen LogP contribution in [0.1, 0.15) is 5.56 Å². The number of benzene rings is 1. The maximum atomic E-state index is 12.4. The predicted molar refractivity (Wildman–Crippen MR) is 95.3 cm³/mol. The molecule has 24 heavy (non-hydrogen) atoms. The molecule has 2 aromatic heterocycles. The zero-order chi connectivity index (χ0) is 17.1. The Hall–Kier alpha value is -2.53. The molecule has 0 aliphatic carbocycles. The van der Waals surface area contributed by atoms with E-state index >= 15 is 0 Å². The summed E-state index contributed by atoms with van der Waals surface area (Å²) >= 11 is 6.05. The largest absolute Gasteiger partial charge is 0.354 e. The number of fused-ring (bicyclic) bond motifs is 1. The number of hydrogen-bond acceptors (Lipinski definition) is 2. The molecule has 3 rings (SSSR count). The molecule has 2 heterocycles. The lowest BCUT2D eigenvalue weighted by atomic mass is 10.1. The number of carbonyl (C=O) groups is 1. The van der Waals surface area contributed by atoms with E-state index in [1.165, 1.54) is 0 Å². The summed E-state index contributed by atoms with van der Waals surface area (Å²) in [7, 11) is 1.85. The molecule has 1 amide bonds. The molecule has 3 aromatic rings. The van der Waals surface area contributed by atoms with Crippen LogP contribution >= 0.6 is 11.6 Å². The van der Waals surface area contributed by atoms with Gasteiger partial charge in [0.1, 0.15) is 5.52 Å². The number of pyridine rings is 1. The summed E-state index contributed by atoms with van der Waals surface area (Å²) in [6.45, 7) is 0.813. The van der Waals surface area contributed by atoms with Crippen LogP contribution in [0.4, 0.5) is 0 Å². The predicted octanol–water partition coefficient (Wildman–Crippen LogP) is 2.35. The number of amides is 1. The second kappa shape index (κ2) is 6.93. The lowest BCUT2D eigenvalue weighted by Gasteiger charge is -2.09. The fourth-order valence-electron chi connectivity index (χ4n) is 2.70. The monoisotopic (exact) mass is 343 g/mol. The molecule has 1 N–H and O–H groups in total. The van der Waals surface area contributed by atoms with E-state index in [2.05, 4.69) is 5.32 Å². The van der Waals surface area contributed by atoms with E-state index in [1.54, 1.807) is 16.8 Å². The van der Waals surface area contributed by atoms with Crippen molar-refractivity contribution >= 4 is 28.4 Å². The first-order valence-corrected chi connectivity index (χ1v) is 8.08. The second-order valence-electron chi connectivity index (χ2n) is 5.66. The first-order valence-electron chi connectivity index (χ1n) is 7.71. The van der Waals surface area contributed by atoms with E-state index in [1.807, 2.05) is 48.1 Å². The minimum absolute atomic E-state index is 0.0552. The molecule has 0 bridgehead atoms. The second-order valence-corrected chi connectivity index (χ2v) is 6.07. The van der Waals surface area contributed by atoms with Crippen molar-refractivity contribution < 1.29 is 4.79 Å². The van der Waals surface area contributed by atoms with E-state index in [-0.39, 0.29) is 17.9 Å². The molecule has 6 heteroatoms. The molecule has 0 saturated heterocycles. The molecule has 0 unspecified atom stereocenters. The number of hydrogen-bond donors (Lipinski definition) is 1. The molecular formula is C18H18ClN3O2. The van der Waals surface area contributed by atoms with Crippen molar-refractivity contribution in [2.75, 3.05) is 6.54 Å². The van der Waals surface area contributed by atoms with Crippen molar-refractivity contribution in [2.45, 2.75) is 13.0 Å². The molecule has 1 aromatic carbocycles. The Morgan fingerprint density at radius 2 is 1.92 bits per heavy atom. The Labute approximate surface area is 144 Å². The maximum absolute atomic E-state index is 12.4. The van der Waals surface area contributed by atoms with Gasteiger partial charge >= 0.3 is 0 Å². The lowest BCUT2D eigenvalue weighted by Crippen LogP contribution is -2.31. The average Bonchev–Trinajstić information content (AvgIpc) is 2.94. The smallest absolute Gasteiger partial charge is 0.275 e. The Morgan fingerprint density at radius 3 is 2.71 bits per heavy atom. The number of halogens is 1. The molecule has 0 spiro atoms. The summed E-state index contributed by atoms with van der Waals surface area (Å²) in [4.78, 5) is 24.4. The Bertz CT molecular complexity index is 943. The highest BCUT2D eigenvalue weighted by molar-refractivity contribution is 6.31. The van der Waals surface area contributed by atoms with Gasteiger partial charge in [-0.15, -0.1) is 0 Å². The van der Waals surface area contributed by atoms with E-state index in [9.17, 15) is 9.59 Å². The number of rotatable bonds is 5. The van der Waals surface area contributed by atoms with E-state index < -0.39 is 0 Å². The van der Waals surface area contributed by atoms with Crippen molar-refractivity contribution in [1.82, 2.24) is 14.5 Å². The van der Waals surface area contributed by atoms with Crippen LogP contribution < -0.4 is 10.9 Å². The van der Waals surface area contributed by atoms with Crippen molar-refractivity contribution in [3.05, 3.63) is 69.7 Å². The topological polar surface area (TPSA) is 56.0 Å². The van der Waals surface area contributed by atoms with E-state index in [4.69, 9.17) is 11.6 Å². The van der Waals surface area contributed by atoms with Crippen molar-refractivity contribution in [2.24, 2.45) is 7.05 Å².